The Kier molecular flexibility index (Phi) is 7.22. The lowest BCUT2D eigenvalue weighted by Gasteiger charge is -2.22. The summed E-state index contributed by atoms with van der Waals surface area (Å²) < 4.78 is 45.6. The van der Waals surface area contributed by atoms with Crippen molar-refractivity contribution in [3.8, 4) is 16.9 Å². The molecule has 0 fully saturated rings. The number of fused-ring (bicyclic) bond motifs is 1. The van der Waals surface area contributed by atoms with Crippen LogP contribution < -0.4 is 4.74 Å². The maximum Gasteiger partial charge on any atom is 0.422 e. The molecule has 3 nitrogen and oxygen atoms in total. The second kappa shape index (κ2) is 9.59. The Labute approximate surface area is 195 Å². The third-order valence-electron chi connectivity index (χ3n) is 5.39. The van der Waals surface area contributed by atoms with Gasteiger partial charge in [-0.05, 0) is 59.2 Å². The second-order valence-electron chi connectivity index (χ2n) is 8.69. The van der Waals surface area contributed by atoms with Gasteiger partial charge in [0.2, 0.25) is 0 Å². The highest BCUT2D eigenvalue weighted by atomic mass is 32.1. The van der Waals surface area contributed by atoms with E-state index in [0.29, 0.717) is 11.1 Å². The zero-order valence-corrected chi connectivity index (χ0v) is 20.0. The first-order valence-corrected chi connectivity index (χ1v) is 11.5. The van der Waals surface area contributed by atoms with E-state index in [-0.39, 0.29) is 17.6 Å². The number of hydrogen-bond acceptors (Lipinski definition) is 3. The number of allylic oxidation sites excluding steroid dienone is 1. The van der Waals surface area contributed by atoms with Crippen LogP contribution in [0.1, 0.15) is 62.5 Å². The van der Waals surface area contributed by atoms with E-state index in [1.54, 1.807) is 6.92 Å². The van der Waals surface area contributed by atoms with Crippen molar-refractivity contribution in [2.45, 2.75) is 52.6 Å². The Morgan fingerprint density at radius 3 is 2.36 bits per heavy atom. The molecule has 0 radical (unpaired) electrons. The van der Waals surface area contributed by atoms with Crippen molar-refractivity contribution >= 4 is 33.0 Å². The number of halogens is 3. The van der Waals surface area contributed by atoms with Crippen LogP contribution in [-0.4, -0.2) is 23.9 Å². The van der Waals surface area contributed by atoms with Crippen LogP contribution in [0.15, 0.2) is 42.5 Å². The number of thiophene rings is 1. The minimum absolute atomic E-state index is 0.0383. The predicted octanol–water partition coefficient (Wildman–Crippen LogP) is 8.24. The molecule has 0 unspecified atom stereocenters. The first-order valence-electron chi connectivity index (χ1n) is 10.7. The molecule has 3 rings (SSSR count). The van der Waals surface area contributed by atoms with Crippen molar-refractivity contribution in [2.24, 2.45) is 0 Å². The summed E-state index contributed by atoms with van der Waals surface area (Å²) in [5.74, 6) is -0.649. The summed E-state index contributed by atoms with van der Waals surface area (Å²) in [5, 5.41) is 9.95. The number of carbonyl (C=O) groups is 1. The van der Waals surface area contributed by atoms with Crippen molar-refractivity contribution in [3.05, 3.63) is 58.5 Å². The molecular weight excluding hydrogens is 449 g/mol. The standard InChI is InChI=1S/C26H27F3O3S/c1-14(2)17-10-19(15(3)4)25(32-13-26(27,28)29)21(11-17)18-7-6-8-22-20(18)12-23(33-22)16(5)9-24(30)31/h6-12,14-15H,13H2,1-5H3,(H,30,31)/b16-9+. The Bertz CT molecular complexity index is 1200. The summed E-state index contributed by atoms with van der Waals surface area (Å²) >= 11 is 1.45. The summed E-state index contributed by atoms with van der Waals surface area (Å²) in [7, 11) is 0. The highest BCUT2D eigenvalue weighted by molar-refractivity contribution is 7.20. The highest BCUT2D eigenvalue weighted by Gasteiger charge is 2.30. The lowest BCUT2D eigenvalue weighted by atomic mass is 9.88. The lowest BCUT2D eigenvalue weighted by Crippen LogP contribution is -2.20. The van der Waals surface area contributed by atoms with Crippen molar-refractivity contribution in [1.29, 1.82) is 0 Å². The Hall–Kier alpha value is -2.80. The van der Waals surface area contributed by atoms with Gasteiger partial charge >= 0.3 is 12.1 Å². The minimum Gasteiger partial charge on any atom is -0.483 e. The molecule has 33 heavy (non-hydrogen) atoms. The Morgan fingerprint density at radius 1 is 1.09 bits per heavy atom. The van der Waals surface area contributed by atoms with Crippen LogP contribution >= 0.6 is 11.3 Å². The number of rotatable bonds is 7. The molecule has 1 aromatic heterocycles. The largest absolute Gasteiger partial charge is 0.483 e. The van der Waals surface area contributed by atoms with Gasteiger partial charge in [0.15, 0.2) is 6.61 Å². The van der Waals surface area contributed by atoms with Gasteiger partial charge in [-0.2, -0.15) is 13.2 Å². The summed E-state index contributed by atoms with van der Waals surface area (Å²) in [6.07, 6.45) is -3.30. The third kappa shape index (κ3) is 5.77. The average Bonchev–Trinajstić information content (AvgIpc) is 3.15. The topological polar surface area (TPSA) is 46.5 Å². The van der Waals surface area contributed by atoms with Gasteiger partial charge in [-0.15, -0.1) is 11.3 Å². The van der Waals surface area contributed by atoms with Gasteiger partial charge in [-0.3, -0.25) is 0 Å². The second-order valence-corrected chi connectivity index (χ2v) is 9.78. The Morgan fingerprint density at radius 2 is 1.79 bits per heavy atom. The summed E-state index contributed by atoms with van der Waals surface area (Å²) in [6.45, 7) is 8.32. The van der Waals surface area contributed by atoms with Gasteiger partial charge in [0.1, 0.15) is 5.75 Å². The zero-order valence-electron chi connectivity index (χ0n) is 19.2. The van der Waals surface area contributed by atoms with Crippen LogP contribution in [0.4, 0.5) is 13.2 Å². The van der Waals surface area contributed by atoms with Crippen LogP contribution in [0.3, 0.4) is 0 Å². The molecular formula is C26H27F3O3S. The van der Waals surface area contributed by atoms with Crippen LogP contribution in [0.5, 0.6) is 5.75 Å². The highest BCUT2D eigenvalue weighted by Crippen LogP contribution is 2.44. The molecule has 0 atom stereocenters. The minimum atomic E-state index is -4.46. The fraction of sp³-hybridized carbons (Fsp3) is 0.346. The first kappa shape index (κ1) is 24.8. The summed E-state index contributed by atoms with van der Waals surface area (Å²) in [4.78, 5) is 11.9. The van der Waals surface area contributed by atoms with Gasteiger partial charge in [-0.25, -0.2) is 4.79 Å². The molecule has 0 amide bonds. The molecule has 0 aliphatic heterocycles. The molecule has 0 spiro atoms. The first-order chi connectivity index (χ1) is 15.4. The third-order valence-corrected chi connectivity index (χ3v) is 6.62. The number of hydrogen-bond donors (Lipinski definition) is 1. The fourth-order valence-electron chi connectivity index (χ4n) is 3.70. The van der Waals surface area contributed by atoms with E-state index < -0.39 is 18.8 Å². The van der Waals surface area contributed by atoms with E-state index in [2.05, 4.69) is 0 Å². The molecule has 0 aliphatic carbocycles. The van der Waals surface area contributed by atoms with Crippen LogP contribution in [0.2, 0.25) is 0 Å². The number of benzene rings is 2. The number of alkyl halides is 3. The smallest absolute Gasteiger partial charge is 0.422 e. The molecule has 176 valence electrons. The predicted molar refractivity (Wildman–Crippen MR) is 128 cm³/mol. The monoisotopic (exact) mass is 476 g/mol. The van der Waals surface area contributed by atoms with Crippen LogP contribution in [0, 0.1) is 0 Å². The zero-order chi connectivity index (χ0) is 24.5. The number of ether oxygens (including phenoxy) is 1. The van der Waals surface area contributed by atoms with Crippen LogP contribution in [-0.2, 0) is 4.79 Å². The van der Waals surface area contributed by atoms with Crippen molar-refractivity contribution in [3.63, 3.8) is 0 Å². The summed E-state index contributed by atoms with van der Waals surface area (Å²) in [6, 6.07) is 11.4. The van der Waals surface area contributed by atoms with E-state index in [1.807, 2.05) is 64.1 Å². The molecule has 3 aromatic rings. The Balaban J connectivity index is 2.29. The van der Waals surface area contributed by atoms with Crippen molar-refractivity contribution < 1.29 is 27.8 Å². The van der Waals surface area contributed by atoms with Crippen molar-refractivity contribution in [2.75, 3.05) is 6.61 Å². The molecule has 0 aliphatic rings. The van der Waals surface area contributed by atoms with E-state index in [1.165, 1.54) is 11.3 Å². The molecule has 0 bridgehead atoms. The average molecular weight is 477 g/mol. The molecule has 1 N–H and O–H groups in total. The van der Waals surface area contributed by atoms with Gasteiger partial charge in [0.25, 0.3) is 0 Å². The van der Waals surface area contributed by atoms with Gasteiger partial charge in [0, 0.05) is 26.6 Å². The quantitative estimate of drug-likeness (QED) is 0.349. The van der Waals surface area contributed by atoms with Crippen molar-refractivity contribution in [1.82, 2.24) is 0 Å². The molecule has 1 heterocycles. The van der Waals surface area contributed by atoms with Crippen LogP contribution in [0.25, 0.3) is 26.8 Å². The lowest BCUT2D eigenvalue weighted by molar-refractivity contribution is -0.153. The van der Waals surface area contributed by atoms with Gasteiger partial charge in [0.05, 0.1) is 0 Å². The normalized spacial score (nSPS) is 12.7. The fourth-order valence-corrected chi connectivity index (χ4v) is 4.76. The summed E-state index contributed by atoms with van der Waals surface area (Å²) in [5.41, 5.74) is 3.74. The molecule has 0 saturated carbocycles. The van der Waals surface area contributed by atoms with E-state index in [9.17, 15) is 18.0 Å². The SMILES string of the molecule is C/C(=C\C(=O)O)c1cc2c(-c3cc(C(C)C)cc(C(C)C)c3OCC(F)(F)F)cccc2s1. The molecule has 0 saturated heterocycles. The number of carboxylic acid groups (broad SMARTS) is 1. The van der Waals surface area contributed by atoms with E-state index >= 15 is 0 Å². The van der Waals surface area contributed by atoms with Gasteiger partial charge < -0.3 is 9.84 Å². The molecule has 2 aromatic carbocycles. The maximum atomic E-state index is 13.1. The van der Waals surface area contributed by atoms with E-state index in [0.717, 1.165) is 37.7 Å². The number of carboxylic acids is 1. The van der Waals surface area contributed by atoms with Gasteiger partial charge in [-0.1, -0.05) is 45.9 Å². The van der Waals surface area contributed by atoms with E-state index in [4.69, 9.17) is 9.84 Å². The maximum absolute atomic E-state index is 13.1. The molecule has 7 heteroatoms. The number of aliphatic carboxylic acids is 1.